The highest BCUT2D eigenvalue weighted by Crippen LogP contribution is 2.27. The quantitative estimate of drug-likeness (QED) is 0.799. The van der Waals surface area contributed by atoms with Crippen molar-refractivity contribution in [3.05, 3.63) is 41.1 Å². The Hall–Kier alpha value is -1.81. The molecule has 0 amide bonds. The molecule has 1 aromatic rings. The van der Waals surface area contributed by atoms with Crippen LogP contribution in [-0.4, -0.2) is 29.1 Å². The van der Waals surface area contributed by atoms with Gasteiger partial charge < -0.3 is 10.4 Å². The number of rotatable bonds is 3. The van der Waals surface area contributed by atoms with Crippen LogP contribution >= 0.6 is 11.6 Å². The molecule has 1 aromatic carbocycles. The van der Waals surface area contributed by atoms with Gasteiger partial charge in [-0.2, -0.15) is 0 Å². The molecule has 0 saturated heterocycles. The fraction of sp³-hybridized carbons (Fsp3) is 0.167. The molecule has 17 heavy (non-hydrogen) atoms. The van der Waals surface area contributed by atoms with Crippen LogP contribution < -0.4 is 5.32 Å². The van der Waals surface area contributed by atoms with Crippen LogP contribution in [0.4, 0.5) is 0 Å². The van der Waals surface area contributed by atoms with Gasteiger partial charge in [0.1, 0.15) is 5.75 Å². The first kappa shape index (κ1) is 11.7. The summed E-state index contributed by atoms with van der Waals surface area (Å²) in [4.78, 5) is 23.7. The van der Waals surface area contributed by atoms with E-state index in [1.807, 2.05) is 0 Å². The van der Waals surface area contributed by atoms with E-state index in [0.29, 0.717) is 12.4 Å². The lowest BCUT2D eigenvalue weighted by atomic mass is 9.92. The fourth-order valence-electron chi connectivity index (χ4n) is 1.72. The maximum atomic E-state index is 12.0. The number of aromatic hydroxyl groups is 1. The number of hydrogen-bond acceptors (Lipinski definition) is 4. The second-order valence-electron chi connectivity index (χ2n) is 3.57. The van der Waals surface area contributed by atoms with Crippen LogP contribution in [0.25, 0.3) is 0 Å². The van der Waals surface area contributed by atoms with Crippen LogP contribution in [0.3, 0.4) is 0 Å². The standard InChI is InChI=1S/C12H10ClNO3/c13-4-5-14-8-6-10(16)11-7(12(8)17)2-1-3-9(11)15/h1-3,6,14-15H,4-5H2. The summed E-state index contributed by atoms with van der Waals surface area (Å²) in [7, 11) is 0. The molecule has 0 bridgehead atoms. The number of fused-ring (bicyclic) bond motifs is 1. The second-order valence-corrected chi connectivity index (χ2v) is 3.94. The van der Waals surface area contributed by atoms with Gasteiger partial charge in [-0.15, -0.1) is 11.6 Å². The number of phenolic OH excluding ortho intramolecular Hbond substituents is 1. The molecule has 0 fully saturated rings. The number of ketones is 2. The third-order valence-corrected chi connectivity index (χ3v) is 2.65. The summed E-state index contributed by atoms with van der Waals surface area (Å²) >= 11 is 5.50. The predicted octanol–water partition coefficient (Wildman–Crippen LogP) is 1.48. The zero-order valence-electron chi connectivity index (χ0n) is 8.87. The molecule has 0 spiro atoms. The average molecular weight is 252 g/mol. The van der Waals surface area contributed by atoms with Crippen molar-refractivity contribution in [3.8, 4) is 5.75 Å². The highest BCUT2D eigenvalue weighted by molar-refractivity contribution is 6.25. The Morgan fingerprint density at radius 2 is 2.06 bits per heavy atom. The topological polar surface area (TPSA) is 66.4 Å². The van der Waals surface area contributed by atoms with Crippen LogP contribution in [0.2, 0.25) is 0 Å². The molecule has 0 saturated carbocycles. The first-order valence-corrected chi connectivity index (χ1v) is 5.61. The van der Waals surface area contributed by atoms with E-state index in [-0.39, 0.29) is 34.1 Å². The van der Waals surface area contributed by atoms with Gasteiger partial charge in [-0.1, -0.05) is 6.07 Å². The van der Waals surface area contributed by atoms with Crippen molar-refractivity contribution < 1.29 is 14.7 Å². The Bertz CT molecular complexity index is 522. The summed E-state index contributed by atoms with van der Waals surface area (Å²) in [5, 5.41) is 12.4. The largest absolute Gasteiger partial charge is 0.507 e. The molecule has 1 aliphatic rings. The van der Waals surface area contributed by atoms with Gasteiger partial charge in [0, 0.05) is 24.1 Å². The van der Waals surface area contributed by atoms with E-state index in [2.05, 4.69) is 5.32 Å². The molecule has 0 aromatic heterocycles. The predicted molar refractivity (Wildman–Crippen MR) is 63.6 cm³/mol. The van der Waals surface area contributed by atoms with Gasteiger partial charge in [0.05, 0.1) is 11.3 Å². The van der Waals surface area contributed by atoms with Crippen molar-refractivity contribution in [1.82, 2.24) is 5.32 Å². The number of carbonyl (C=O) groups is 2. The van der Waals surface area contributed by atoms with E-state index in [1.54, 1.807) is 0 Å². The summed E-state index contributed by atoms with van der Waals surface area (Å²) in [6.07, 6.45) is 1.19. The maximum Gasteiger partial charge on any atom is 0.209 e. The number of hydrogen-bond donors (Lipinski definition) is 2. The number of nitrogens with one attached hydrogen (secondary N) is 1. The zero-order valence-corrected chi connectivity index (χ0v) is 9.62. The van der Waals surface area contributed by atoms with Crippen molar-refractivity contribution >= 4 is 23.2 Å². The molecule has 5 heteroatoms. The minimum Gasteiger partial charge on any atom is -0.507 e. The molecule has 4 nitrogen and oxygen atoms in total. The lowest BCUT2D eigenvalue weighted by Gasteiger charge is -2.16. The fourth-order valence-corrected chi connectivity index (χ4v) is 1.81. The van der Waals surface area contributed by atoms with Crippen LogP contribution in [0.5, 0.6) is 5.75 Å². The highest BCUT2D eigenvalue weighted by Gasteiger charge is 2.27. The normalized spacial score (nSPS) is 14.3. The van der Waals surface area contributed by atoms with Gasteiger partial charge >= 0.3 is 0 Å². The molecule has 0 unspecified atom stereocenters. The number of benzene rings is 1. The van der Waals surface area contributed by atoms with Gasteiger partial charge in [-0.25, -0.2) is 0 Å². The molecular formula is C12H10ClNO3. The SMILES string of the molecule is O=C1C(NCCCl)=CC(=O)c2c(O)cccc21. The molecule has 88 valence electrons. The molecule has 0 atom stereocenters. The number of halogens is 1. The van der Waals surface area contributed by atoms with Crippen LogP contribution in [0.15, 0.2) is 30.0 Å². The number of Topliss-reactive ketones (excluding diaryl/α,β-unsaturated/α-hetero) is 1. The number of alkyl halides is 1. The smallest absolute Gasteiger partial charge is 0.209 e. The highest BCUT2D eigenvalue weighted by atomic mass is 35.5. The number of allylic oxidation sites excluding steroid dienone is 2. The maximum absolute atomic E-state index is 12.0. The Kier molecular flexibility index (Phi) is 3.15. The minimum atomic E-state index is -0.380. The van der Waals surface area contributed by atoms with E-state index in [1.165, 1.54) is 24.3 Å². The van der Waals surface area contributed by atoms with E-state index < -0.39 is 0 Å². The van der Waals surface area contributed by atoms with Crippen molar-refractivity contribution in [3.63, 3.8) is 0 Å². The summed E-state index contributed by atoms with van der Waals surface area (Å²) in [5.41, 5.74) is 0.497. The van der Waals surface area contributed by atoms with E-state index in [0.717, 1.165) is 0 Å². The molecule has 1 aliphatic carbocycles. The van der Waals surface area contributed by atoms with Crippen molar-refractivity contribution in [2.75, 3.05) is 12.4 Å². The van der Waals surface area contributed by atoms with Gasteiger partial charge in [-0.3, -0.25) is 9.59 Å². The average Bonchev–Trinajstić information content (AvgIpc) is 2.31. The van der Waals surface area contributed by atoms with Gasteiger partial charge in [0.2, 0.25) is 5.78 Å². The zero-order chi connectivity index (χ0) is 12.4. The first-order valence-electron chi connectivity index (χ1n) is 5.07. The molecular weight excluding hydrogens is 242 g/mol. The summed E-state index contributed by atoms with van der Waals surface area (Å²) in [5.74, 6) is -0.519. The third-order valence-electron chi connectivity index (χ3n) is 2.46. The molecule has 0 heterocycles. The lowest BCUT2D eigenvalue weighted by Crippen LogP contribution is -2.28. The van der Waals surface area contributed by atoms with E-state index in [9.17, 15) is 14.7 Å². The molecule has 2 rings (SSSR count). The number of phenols is 1. The van der Waals surface area contributed by atoms with Crippen molar-refractivity contribution in [2.24, 2.45) is 0 Å². The molecule has 0 aliphatic heterocycles. The molecule has 2 N–H and O–H groups in total. The molecule has 0 radical (unpaired) electrons. The van der Waals surface area contributed by atoms with Crippen LogP contribution in [-0.2, 0) is 0 Å². The van der Waals surface area contributed by atoms with Crippen molar-refractivity contribution in [1.29, 1.82) is 0 Å². The van der Waals surface area contributed by atoms with Gasteiger partial charge in [0.15, 0.2) is 5.78 Å². The Balaban J connectivity index is 2.43. The summed E-state index contributed by atoms with van der Waals surface area (Å²) < 4.78 is 0. The first-order chi connectivity index (χ1) is 8.15. The Morgan fingerprint density at radius 3 is 2.76 bits per heavy atom. The van der Waals surface area contributed by atoms with Crippen molar-refractivity contribution in [2.45, 2.75) is 0 Å². The Morgan fingerprint density at radius 1 is 1.29 bits per heavy atom. The summed E-state index contributed by atoms with van der Waals surface area (Å²) in [6, 6.07) is 4.43. The Labute approximate surface area is 103 Å². The third kappa shape index (κ3) is 2.03. The van der Waals surface area contributed by atoms with Crippen LogP contribution in [0.1, 0.15) is 20.7 Å². The van der Waals surface area contributed by atoms with Gasteiger partial charge in [-0.05, 0) is 12.1 Å². The summed E-state index contributed by atoms with van der Waals surface area (Å²) in [6.45, 7) is 0.403. The minimum absolute atomic E-state index is 0.0638. The van der Waals surface area contributed by atoms with Gasteiger partial charge in [0.25, 0.3) is 0 Å². The van der Waals surface area contributed by atoms with Crippen LogP contribution in [0, 0.1) is 0 Å². The number of carbonyl (C=O) groups excluding carboxylic acids is 2. The monoisotopic (exact) mass is 251 g/mol. The lowest BCUT2D eigenvalue weighted by molar-refractivity contribution is 0.0976. The van der Waals surface area contributed by atoms with E-state index >= 15 is 0 Å². The van der Waals surface area contributed by atoms with E-state index in [4.69, 9.17) is 11.6 Å². The second kappa shape index (κ2) is 4.59.